The molecular formula is C27H29N3OS. The van der Waals surface area contributed by atoms with Crippen LogP contribution in [0.25, 0.3) is 10.9 Å². The molecule has 0 bridgehead atoms. The number of thiocarbonyl (C=S) groups is 1. The van der Waals surface area contributed by atoms with Gasteiger partial charge in [0.25, 0.3) is 0 Å². The van der Waals surface area contributed by atoms with Gasteiger partial charge in [-0.25, -0.2) is 0 Å². The number of benzene rings is 3. The van der Waals surface area contributed by atoms with Crippen molar-refractivity contribution >= 4 is 33.9 Å². The zero-order chi connectivity index (χ0) is 22.3. The lowest BCUT2D eigenvalue weighted by Crippen LogP contribution is -2.33. The fraction of sp³-hybridized carbons (Fsp3) is 0.222. The lowest BCUT2D eigenvalue weighted by Gasteiger charge is -2.26. The standard InChI is InChI=1S/C27H29N3OS/c1-3-29-19-22(25-12-8-9-13-26(25)29)20-30(18-21-10-6-5-7-11-21)27(32)28-23-14-16-24(17-15-23)31-4-2/h5-17,19H,3-4,18,20H2,1-2H3,(H,28,32). The largest absolute Gasteiger partial charge is 0.494 e. The Bertz CT molecular complexity index is 1170. The van der Waals surface area contributed by atoms with Crippen LogP contribution in [0, 0.1) is 0 Å². The molecule has 1 aromatic heterocycles. The number of aryl methyl sites for hydroxylation is 1. The van der Waals surface area contributed by atoms with Crippen LogP contribution in [0.4, 0.5) is 5.69 Å². The first-order valence-electron chi connectivity index (χ1n) is 11.1. The van der Waals surface area contributed by atoms with Crippen LogP contribution in [-0.4, -0.2) is 21.2 Å². The predicted molar refractivity (Wildman–Crippen MR) is 137 cm³/mol. The van der Waals surface area contributed by atoms with Crippen LogP contribution in [0.2, 0.25) is 0 Å². The molecule has 5 heteroatoms. The third-order valence-electron chi connectivity index (χ3n) is 5.49. The van der Waals surface area contributed by atoms with Gasteiger partial charge in [0.15, 0.2) is 5.11 Å². The van der Waals surface area contributed by atoms with E-state index in [1.54, 1.807) is 0 Å². The molecule has 0 saturated carbocycles. The molecule has 1 heterocycles. The Morgan fingerprint density at radius 3 is 2.34 bits per heavy atom. The molecule has 0 aliphatic rings. The number of fused-ring (bicyclic) bond motifs is 1. The lowest BCUT2D eigenvalue weighted by molar-refractivity contribution is 0.340. The Kier molecular flexibility index (Phi) is 7.07. The van der Waals surface area contributed by atoms with E-state index >= 15 is 0 Å². The first-order valence-corrected chi connectivity index (χ1v) is 11.5. The summed E-state index contributed by atoms with van der Waals surface area (Å²) in [4.78, 5) is 2.23. The van der Waals surface area contributed by atoms with Crippen LogP contribution in [0.5, 0.6) is 5.75 Å². The number of nitrogens with one attached hydrogen (secondary N) is 1. The Hall–Kier alpha value is -3.31. The topological polar surface area (TPSA) is 29.4 Å². The summed E-state index contributed by atoms with van der Waals surface area (Å²) in [5.41, 5.74) is 4.71. The molecule has 0 unspecified atom stereocenters. The van der Waals surface area contributed by atoms with Gasteiger partial charge in [0.2, 0.25) is 0 Å². The molecule has 0 aliphatic carbocycles. The number of para-hydroxylation sites is 1. The first kappa shape index (κ1) is 21.9. The smallest absolute Gasteiger partial charge is 0.174 e. The molecule has 0 saturated heterocycles. The second-order valence-corrected chi connectivity index (χ2v) is 8.07. The highest BCUT2D eigenvalue weighted by molar-refractivity contribution is 7.80. The van der Waals surface area contributed by atoms with Gasteiger partial charge >= 0.3 is 0 Å². The molecule has 32 heavy (non-hydrogen) atoms. The van der Waals surface area contributed by atoms with Crippen molar-refractivity contribution in [3.05, 3.63) is 96.2 Å². The monoisotopic (exact) mass is 443 g/mol. The average Bonchev–Trinajstić information content (AvgIpc) is 3.18. The fourth-order valence-electron chi connectivity index (χ4n) is 3.92. The Balaban J connectivity index is 1.59. The zero-order valence-electron chi connectivity index (χ0n) is 18.6. The highest BCUT2D eigenvalue weighted by atomic mass is 32.1. The van der Waals surface area contributed by atoms with E-state index in [9.17, 15) is 0 Å². The van der Waals surface area contributed by atoms with Gasteiger partial charge in [0.1, 0.15) is 5.75 Å². The van der Waals surface area contributed by atoms with Crippen LogP contribution < -0.4 is 10.1 Å². The Morgan fingerprint density at radius 1 is 0.906 bits per heavy atom. The second-order valence-electron chi connectivity index (χ2n) is 7.69. The molecule has 4 aromatic rings. The number of ether oxygens (including phenoxy) is 1. The fourth-order valence-corrected chi connectivity index (χ4v) is 4.17. The number of hydrogen-bond donors (Lipinski definition) is 1. The normalized spacial score (nSPS) is 10.8. The van der Waals surface area contributed by atoms with Gasteiger partial charge in [0.05, 0.1) is 6.61 Å². The minimum Gasteiger partial charge on any atom is -0.494 e. The SMILES string of the molecule is CCOc1ccc(NC(=S)N(Cc2ccccc2)Cc2cn(CC)c3ccccc23)cc1. The third kappa shape index (κ3) is 5.11. The van der Waals surface area contributed by atoms with Crippen molar-refractivity contribution in [3.8, 4) is 5.75 Å². The van der Waals surface area contributed by atoms with Crippen LogP contribution in [0.1, 0.15) is 25.0 Å². The van der Waals surface area contributed by atoms with Gasteiger partial charge in [0, 0.05) is 42.4 Å². The van der Waals surface area contributed by atoms with E-state index in [1.165, 1.54) is 22.0 Å². The Labute approximate surface area is 195 Å². The molecule has 3 aromatic carbocycles. The Morgan fingerprint density at radius 2 is 1.62 bits per heavy atom. The van der Waals surface area contributed by atoms with Crippen molar-refractivity contribution in [2.45, 2.75) is 33.5 Å². The van der Waals surface area contributed by atoms with E-state index in [0.717, 1.165) is 31.1 Å². The molecule has 164 valence electrons. The van der Waals surface area contributed by atoms with Gasteiger partial charge in [-0.15, -0.1) is 0 Å². The summed E-state index contributed by atoms with van der Waals surface area (Å²) in [6.45, 7) is 7.21. The molecule has 4 nitrogen and oxygen atoms in total. The summed E-state index contributed by atoms with van der Waals surface area (Å²) in [5.74, 6) is 0.859. The summed E-state index contributed by atoms with van der Waals surface area (Å²) in [6.07, 6.45) is 2.25. The van der Waals surface area contributed by atoms with Crippen molar-refractivity contribution in [1.82, 2.24) is 9.47 Å². The van der Waals surface area contributed by atoms with Crippen molar-refractivity contribution < 1.29 is 4.74 Å². The first-order chi connectivity index (χ1) is 15.7. The van der Waals surface area contributed by atoms with Crippen LogP contribution in [-0.2, 0) is 19.6 Å². The minimum atomic E-state index is 0.654. The molecule has 0 aliphatic heterocycles. The molecule has 0 radical (unpaired) electrons. The molecule has 0 atom stereocenters. The number of aromatic nitrogens is 1. The van der Waals surface area contributed by atoms with Crippen LogP contribution in [0.3, 0.4) is 0 Å². The summed E-state index contributed by atoms with van der Waals surface area (Å²) in [7, 11) is 0. The van der Waals surface area contributed by atoms with E-state index in [1.807, 2.05) is 37.3 Å². The molecule has 0 amide bonds. The highest BCUT2D eigenvalue weighted by Gasteiger charge is 2.15. The van der Waals surface area contributed by atoms with Crippen molar-refractivity contribution in [2.24, 2.45) is 0 Å². The molecule has 0 spiro atoms. The maximum absolute atomic E-state index is 5.87. The van der Waals surface area contributed by atoms with E-state index in [2.05, 4.69) is 76.4 Å². The molecule has 4 rings (SSSR count). The maximum atomic E-state index is 5.87. The van der Waals surface area contributed by atoms with Crippen molar-refractivity contribution in [3.63, 3.8) is 0 Å². The van der Waals surface area contributed by atoms with Crippen LogP contribution in [0.15, 0.2) is 85.1 Å². The van der Waals surface area contributed by atoms with Gasteiger partial charge in [-0.3, -0.25) is 0 Å². The van der Waals surface area contributed by atoms with E-state index < -0.39 is 0 Å². The average molecular weight is 444 g/mol. The molecule has 0 fully saturated rings. The van der Waals surface area contributed by atoms with Gasteiger partial charge in [-0.1, -0.05) is 48.5 Å². The van der Waals surface area contributed by atoms with Crippen molar-refractivity contribution in [2.75, 3.05) is 11.9 Å². The summed E-state index contributed by atoms with van der Waals surface area (Å²) in [5, 5.41) is 5.39. The second kappa shape index (κ2) is 10.3. The van der Waals surface area contributed by atoms with E-state index in [0.29, 0.717) is 11.7 Å². The predicted octanol–water partition coefficient (Wildman–Crippen LogP) is 6.46. The summed E-state index contributed by atoms with van der Waals surface area (Å²) in [6, 6.07) is 27.0. The number of hydrogen-bond acceptors (Lipinski definition) is 2. The van der Waals surface area contributed by atoms with Crippen LogP contribution >= 0.6 is 12.2 Å². The maximum Gasteiger partial charge on any atom is 0.174 e. The van der Waals surface area contributed by atoms with Gasteiger partial charge in [-0.2, -0.15) is 0 Å². The quantitative estimate of drug-likeness (QED) is 0.317. The number of anilines is 1. The van der Waals surface area contributed by atoms with Crippen molar-refractivity contribution in [1.29, 1.82) is 0 Å². The molecular weight excluding hydrogens is 414 g/mol. The zero-order valence-corrected chi connectivity index (χ0v) is 19.4. The number of rotatable bonds is 8. The van der Waals surface area contributed by atoms with Gasteiger partial charge in [-0.05, 0) is 67.5 Å². The van der Waals surface area contributed by atoms with E-state index in [-0.39, 0.29) is 0 Å². The minimum absolute atomic E-state index is 0.654. The highest BCUT2D eigenvalue weighted by Crippen LogP contribution is 2.24. The third-order valence-corrected chi connectivity index (χ3v) is 5.85. The lowest BCUT2D eigenvalue weighted by atomic mass is 10.1. The number of nitrogens with zero attached hydrogens (tertiary/aromatic N) is 2. The van der Waals surface area contributed by atoms with Gasteiger partial charge < -0.3 is 19.5 Å². The summed E-state index contributed by atoms with van der Waals surface area (Å²) < 4.78 is 7.85. The van der Waals surface area contributed by atoms with E-state index in [4.69, 9.17) is 17.0 Å². The molecule has 1 N–H and O–H groups in total. The summed E-state index contributed by atoms with van der Waals surface area (Å²) >= 11 is 5.87.